The maximum Gasteiger partial charge on any atom is 0.239 e. The third kappa shape index (κ3) is 2.08. The number of nitrogens with one attached hydrogen (secondary N) is 1. The van der Waals surface area contributed by atoms with Gasteiger partial charge in [-0.05, 0) is 38.1 Å². The molecule has 3 rings (SSSR count). The second-order valence-electron chi connectivity index (χ2n) is 5.81. The van der Waals surface area contributed by atoms with E-state index in [2.05, 4.69) is 5.32 Å². The summed E-state index contributed by atoms with van der Waals surface area (Å²) in [7, 11) is 0. The van der Waals surface area contributed by atoms with Crippen molar-refractivity contribution in [3.63, 3.8) is 0 Å². The number of nitrogens with zero attached hydrogens (tertiary/aromatic N) is 1. The predicted octanol–water partition coefficient (Wildman–Crippen LogP) is 0.358. The van der Waals surface area contributed by atoms with Crippen LogP contribution in [0.25, 0.3) is 0 Å². The second-order valence-corrected chi connectivity index (χ2v) is 5.81. The summed E-state index contributed by atoms with van der Waals surface area (Å²) in [5, 5.41) is 13.2. The van der Waals surface area contributed by atoms with Gasteiger partial charge in [-0.15, -0.1) is 0 Å². The first-order valence-corrected chi connectivity index (χ1v) is 6.96. The minimum atomic E-state index is -0.169. The smallest absolute Gasteiger partial charge is 0.239 e. The molecule has 0 bridgehead atoms. The van der Waals surface area contributed by atoms with E-state index in [0.717, 1.165) is 45.3 Å². The van der Waals surface area contributed by atoms with Crippen LogP contribution < -0.4 is 5.32 Å². The van der Waals surface area contributed by atoms with Crippen molar-refractivity contribution in [2.24, 2.45) is 11.8 Å². The highest BCUT2D eigenvalue weighted by molar-refractivity contribution is 5.82. The van der Waals surface area contributed by atoms with Crippen LogP contribution in [0.3, 0.4) is 0 Å². The Hall–Kier alpha value is -0.610. The number of aliphatic hydroxyl groups excluding tert-OH is 1. The fraction of sp³-hybridized carbons (Fsp3) is 0.923. The third-order valence-electron chi connectivity index (χ3n) is 4.74. The molecule has 2 N–H and O–H groups in total. The average Bonchev–Trinajstić information content (AvgIpc) is 2.92. The largest absolute Gasteiger partial charge is 0.393 e. The van der Waals surface area contributed by atoms with E-state index in [1.165, 1.54) is 6.42 Å². The predicted molar refractivity (Wildman–Crippen MR) is 64.4 cm³/mol. The van der Waals surface area contributed by atoms with E-state index < -0.39 is 0 Å². The van der Waals surface area contributed by atoms with Crippen LogP contribution in [0.5, 0.6) is 0 Å². The van der Waals surface area contributed by atoms with Gasteiger partial charge >= 0.3 is 0 Å². The molecule has 0 aromatic heterocycles. The van der Waals surface area contributed by atoms with Crippen molar-refractivity contribution < 1.29 is 9.90 Å². The van der Waals surface area contributed by atoms with Crippen molar-refractivity contribution >= 4 is 5.91 Å². The van der Waals surface area contributed by atoms with E-state index in [-0.39, 0.29) is 18.1 Å². The monoisotopic (exact) mass is 238 g/mol. The summed E-state index contributed by atoms with van der Waals surface area (Å²) in [5.74, 6) is 1.17. The molecular weight excluding hydrogens is 216 g/mol. The van der Waals surface area contributed by atoms with E-state index >= 15 is 0 Å². The number of rotatable bonds is 1. The second kappa shape index (κ2) is 4.58. The van der Waals surface area contributed by atoms with E-state index in [1.807, 2.05) is 4.90 Å². The van der Waals surface area contributed by atoms with Crippen LogP contribution in [0.2, 0.25) is 0 Å². The molecule has 4 heteroatoms. The number of piperidine rings is 1. The summed E-state index contributed by atoms with van der Waals surface area (Å²) in [5.41, 5.74) is 0. The van der Waals surface area contributed by atoms with Crippen LogP contribution in [0.4, 0.5) is 0 Å². The average molecular weight is 238 g/mol. The summed E-state index contributed by atoms with van der Waals surface area (Å²) in [6.45, 7) is 2.63. The molecule has 2 heterocycles. The number of fused-ring (bicyclic) bond motifs is 1. The Morgan fingerprint density at radius 2 is 2.06 bits per heavy atom. The van der Waals surface area contributed by atoms with Crippen molar-refractivity contribution in [1.29, 1.82) is 0 Å². The summed E-state index contributed by atoms with van der Waals surface area (Å²) in [4.78, 5) is 14.3. The summed E-state index contributed by atoms with van der Waals surface area (Å²) in [6.07, 6.45) is 5.18. The molecule has 0 aromatic rings. The Kier molecular flexibility index (Phi) is 3.09. The zero-order valence-corrected chi connectivity index (χ0v) is 10.3. The number of amides is 1. The first kappa shape index (κ1) is 11.5. The highest BCUT2D eigenvalue weighted by Crippen LogP contribution is 2.38. The fourth-order valence-electron chi connectivity index (χ4n) is 3.70. The number of hydrogen-bond acceptors (Lipinski definition) is 3. The Balaban J connectivity index is 1.60. The Bertz CT molecular complexity index is 302. The molecular formula is C13H22N2O2. The Labute approximate surface area is 102 Å². The molecule has 0 spiro atoms. The lowest BCUT2D eigenvalue weighted by atomic mass is 10.00. The van der Waals surface area contributed by atoms with Crippen LogP contribution in [-0.2, 0) is 4.79 Å². The lowest BCUT2D eigenvalue weighted by molar-refractivity contribution is -0.133. The van der Waals surface area contributed by atoms with E-state index in [0.29, 0.717) is 11.8 Å². The summed E-state index contributed by atoms with van der Waals surface area (Å²) < 4.78 is 0. The minimum Gasteiger partial charge on any atom is -0.393 e. The molecule has 1 aliphatic carbocycles. The van der Waals surface area contributed by atoms with Crippen molar-refractivity contribution in [1.82, 2.24) is 10.2 Å². The molecule has 2 saturated heterocycles. The summed E-state index contributed by atoms with van der Waals surface area (Å²) >= 11 is 0. The number of aliphatic hydroxyl groups is 1. The fourth-order valence-corrected chi connectivity index (χ4v) is 3.70. The molecule has 4 nitrogen and oxygen atoms in total. The Morgan fingerprint density at radius 3 is 2.76 bits per heavy atom. The van der Waals surface area contributed by atoms with Gasteiger partial charge in [-0.25, -0.2) is 0 Å². The molecule has 0 radical (unpaired) electrons. The number of carbonyl (C=O) groups excluding carboxylic acids is 1. The van der Waals surface area contributed by atoms with Gasteiger partial charge < -0.3 is 15.3 Å². The molecule has 4 unspecified atom stereocenters. The molecule has 96 valence electrons. The standard InChI is InChI=1S/C13H22N2O2/c16-12-5-4-9-7-15(8-10(9)12)13(17)11-3-1-2-6-14-11/h9-12,14,16H,1-8H2. The van der Waals surface area contributed by atoms with Crippen molar-refractivity contribution in [3.05, 3.63) is 0 Å². The van der Waals surface area contributed by atoms with Crippen LogP contribution in [-0.4, -0.2) is 47.7 Å². The first-order valence-electron chi connectivity index (χ1n) is 6.96. The van der Waals surface area contributed by atoms with Gasteiger partial charge in [-0.3, -0.25) is 4.79 Å². The van der Waals surface area contributed by atoms with Crippen molar-refractivity contribution in [2.75, 3.05) is 19.6 Å². The molecule has 4 atom stereocenters. The quantitative estimate of drug-likeness (QED) is 0.693. The third-order valence-corrected chi connectivity index (χ3v) is 4.74. The van der Waals surface area contributed by atoms with Gasteiger partial charge in [-0.1, -0.05) is 6.42 Å². The van der Waals surface area contributed by atoms with Crippen molar-refractivity contribution in [2.45, 2.75) is 44.2 Å². The lowest BCUT2D eigenvalue weighted by Crippen LogP contribution is -2.48. The number of likely N-dealkylation sites (tertiary alicyclic amines) is 1. The van der Waals surface area contributed by atoms with Crippen LogP contribution in [0.15, 0.2) is 0 Å². The first-order chi connectivity index (χ1) is 8.25. The van der Waals surface area contributed by atoms with Gasteiger partial charge in [0.2, 0.25) is 5.91 Å². The van der Waals surface area contributed by atoms with Gasteiger partial charge in [0.1, 0.15) is 0 Å². The molecule has 0 aromatic carbocycles. The maximum atomic E-state index is 12.3. The highest BCUT2D eigenvalue weighted by atomic mass is 16.3. The van der Waals surface area contributed by atoms with Gasteiger partial charge in [0.15, 0.2) is 0 Å². The number of hydrogen-bond donors (Lipinski definition) is 2. The van der Waals surface area contributed by atoms with Gasteiger partial charge in [0.25, 0.3) is 0 Å². The van der Waals surface area contributed by atoms with Gasteiger partial charge in [0, 0.05) is 19.0 Å². The van der Waals surface area contributed by atoms with Gasteiger partial charge in [0.05, 0.1) is 12.1 Å². The SMILES string of the molecule is O=C(C1CCCCN1)N1CC2CCC(O)C2C1. The molecule has 3 fully saturated rings. The molecule has 17 heavy (non-hydrogen) atoms. The zero-order valence-electron chi connectivity index (χ0n) is 10.3. The topological polar surface area (TPSA) is 52.6 Å². The molecule has 1 saturated carbocycles. The van der Waals surface area contributed by atoms with Crippen LogP contribution in [0, 0.1) is 11.8 Å². The molecule has 1 amide bonds. The highest BCUT2D eigenvalue weighted by Gasteiger charge is 2.44. The van der Waals surface area contributed by atoms with Crippen molar-refractivity contribution in [3.8, 4) is 0 Å². The Morgan fingerprint density at radius 1 is 1.18 bits per heavy atom. The molecule has 3 aliphatic rings. The van der Waals surface area contributed by atoms with E-state index in [4.69, 9.17) is 0 Å². The maximum absolute atomic E-state index is 12.3. The normalized spacial score (nSPS) is 41.6. The molecule has 2 aliphatic heterocycles. The number of carbonyl (C=O) groups is 1. The van der Waals surface area contributed by atoms with Crippen LogP contribution >= 0.6 is 0 Å². The van der Waals surface area contributed by atoms with E-state index in [1.54, 1.807) is 0 Å². The lowest BCUT2D eigenvalue weighted by Gasteiger charge is -2.28. The zero-order chi connectivity index (χ0) is 11.8. The minimum absolute atomic E-state index is 0.0414. The van der Waals surface area contributed by atoms with E-state index in [9.17, 15) is 9.90 Å². The summed E-state index contributed by atoms with van der Waals surface area (Å²) in [6, 6.07) is 0.0414. The van der Waals surface area contributed by atoms with Crippen LogP contribution in [0.1, 0.15) is 32.1 Å². The van der Waals surface area contributed by atoms with Gasteiger partial charge in [-0.2, -0.15) is 0 Å².